The number of nitriles is 1. The van der Waals surface area contributed by atoms with Gasteiger partial charge in [-0.15, -0.1) is 0 Å². The van der Waals surface area contributed by atoms with Crippen LogP contribution in [0.2, 0.25) is 0 Å². The Hall–Kier alpha value is -3.76. The number of nitrogens with one attached hydrogen (secondary N) is 2. The van der Waals surface area contributed by atoms with E-state index in [9.17, 15) is 10.1 Å². The summed E-state index contributed by atoms with van der Waals surface area (Å²) in [5.74, 6) is 0.180. The molecule has 3 aromatic rings. The predicted molar refractivity (Wildman–Crippen MR) is 126 cm³/mol. The molecular weight excluding hydrogens is 400 g/mol. The van der Waals surface area contributed by atoms with Crippen molar-refractivity contribution in [3.8, 4) is 17.3 Å². The Bertz CT molecular complexity index is 1180. The topological polar surface area (TPSA) is 97.2 Å². The molecule has 0 amide bonds. The number of likely N-dealkylation sites (tertiary alicyclic amines) is 1. The van der Waals surface area contributed by atoms with Crippen LogP contribution in [0.4, 0.5) is 5.95 Å². The molecule has 2 aromatic carbocycles. The molecule has 4 rings (SSSR count). The summed E-state index contributed by atoms with van der Waals surface area (Å²) in [5.41, 5.74) is 5.48. The van der Waals surface area contributed by atoms with E-state index in [2.05, 4.69) is 44.5 Å². The Balaban J connectivity index is 1.44. The number of aromatic amines is 1. The Morgan fingerprint density at radius 3 is 2.72 bits per heavy atom. The minimum atomic E-state index is -0.504. The summed E-state index contributed by atoms with van der Waals surface area (Å²) in [6.45, 7) is 4.43. The van der Waals surface area contributed by atoms with Gasteiger partial charge in [-0.05, 0) is 37.4 Å². The number of hydrogen-bond donors (Lipinski definition) is 2. The van der Waals surface area contributed by atoms with E-state index in [0.29, 0.717) is 17.3 Å². The van der Waals surface area contributed by atoms with Crippen molar-refractivity contribution >= 4 is 12.2 Å². The molecule has 1 saturated heterocycles. The quantitative estimate of drug-likeness (QED) is 0.456. The molecule has 1 aliphatic rings. The molecule has 1 aromatic heterocycles. The van der Waals surface area contributed by atoms with Gasteiger partial charge in [-0.3, -0.25) is 14.7 Å². The summed E-state index contributed by atoms with van der Waals surface area (Å²) < 4.78 is 0. The normalized spacial score (nSPS) is 16.7. The highest BCUT2D eigenvalue weighted by Gasteiger charge is 2.18. The minimum Gasteiger partial charge on any atom is -0.296 e. The maximum absolute atomic E-state index is 12.3. The Morgan fingerprint density at radius 1 is 1.22 bits per heavy atom. The summed E-state index contributed by atoms with van der Waals surface area (Å²) in [4.78, 5) is 21.8. The lowest BCUT2D eigenvalue weighted by Gasteiger charge is -2.33. The molecular formula is C25H26N6O. The summed E-state index contributed by atoms with van der Waals surface area (Å²) in [6, 6.07) is 20.0. The first kappa shape index (κ1) is 21.5. The van der Waals surface area contributed by atoms with Crippen LogP contribution in [0.3, 0.4) is 0 Å². The second-order valence-electron chi connectivity index (χ2n) is 8.04. The van der Waals surface area contributed by atoms with Gasteiger partial charge in [-0.2, -0.15) is 10.4 Å². The van der Waals surface area contributed by atoms with Crippen molar-refractivity contribution in [1.82, 2.24) is 14.9 Å². The van der Waals surface area contributed by atoms with Gasteiger partial charge in [0.25, 0.3) is 5.56 Å². The molecule has 32 heavy (non-hydrogen) atoms. The van der Waals surface area contributed by atoms with Crippen LogP contribution >= 0.6 is 0 Å². The summed E-state index contributed by atoms with van der Waals surface area (Å²) in [6.07, 6.45) is 5.55. The van der Waals surface area contributed by atoms with Gasteiger partial charge >= 0.3 is 0 Å². The number of aromatic nitrogens is 2. The number of rotatable bonds is 6. The van der Waals surface area contributed by atoms with Gasteiger partial charge < -0.3 is 0 Å². The van der Waals surface area contributed by atoms with Gasteiger partial charge in [0.2, 0.25) is 5.95 Å². The van der Waals surface area contributed by atoms with Gasteiger partial charge in [0.15, 0.2) is 0 Å². The lowest BCUT2D eigenvalue weighted by molar-refractivity contribution is 0.152. The highest BCUT2D eigenvalue weighted by atomic mass is 16.1. The molecule has 7 heteroatoms. The standard InChI is InChI=1S/C25H26N6O/c1-18-7-5-6-14-31(18)17-20-12-10-19(11-13-20)16-27-30-25-28-23(21-8-3-2-4-9-21)22(15-26)24(32)29-25/h2-4,8-13,16,18H,5-7,14,17H2,1H3,(H2,28,29,30,32). The third kappa shape index (κ3) is 5.10. The number of nitrogens with zero attached hydrogens (tertiary/aromatic N) is 4. The lowest BCUT2D eigenvalue weighted by Crippen LogP contribution is -2.36. The van der Waals surface area contributed by atoms with Crippen LogP contribution in [-0.4, -0.2) is 33.7 Å². The van der Waals surface area contributed by atoms with Gasteiger partial charge in [-0.25, -0.2) is 10.4 Å². The molecule has 0 saturated carbocycles. The van der Waals surface area contributed by atoms with E-state index in [1.54, 1.807) is 6.21 Å². The summed E-state index contributed by atoms with van der Waals surface area (Å²) in [5, 5.41) is 13.6. The predicted octanol–water partition coefficient (Wildman–Crippen LogP) is 4.13. The number of H-pyrrole nitrogens is 1. The van der Waals surface area contributed by atoms with Gasteiger partial charge in [0.05, 0.1) is 11.9 Å². The average Bonchev–Trinajstić information content (AvgIpc) is 2.82. The van der Waals surface area contributed by atoms with Crippen molar-refractivity contribution in [3.63, 3.8) is 0 Å². The fraction of sp³-hybridized carbons (Fsp3) is 0.280. The Labute approximate surface area is 187 Å². The van der Waals surface area contributed by atoms with E-state index >= 15 is 0 Å². The minimum absolute atomic E-state index is 0.0238. The highest BCUT2D eigenvalue weighted by Crippen LogP contribution is 2.20. The molecule has 1 atom stereocenters. The molecule has 0 spiro atoms. The molecule has 1 fully saturated rings. The van der Waals surface area contributed by atoms with Crippen molar-refractivity contribution in [1.29, 1.82) is 5.26 Å². The SMILES string of the molecule is CC1CCCCN1Cc1ccc(C=NNc2nc(-c3ccccc3)c(C#N)c(=O)[nH]2)cc1. The van der Waals surface area contributed by atoms with Gasteiger partial charge in [-0.1, -0.05) is 61.0 Å². The van der Waals surface area contributed by atoms with E-state index in [0.717, 1.165) is 18.7 Å². The molecule has 2 N–H and O–H groups in total. The summed E-state index contributed by atoms with van der Waals surface area (Å²) in [7, 11) is 0. The molecule has 2 heterocycles. The van der Waals surface area contributed by atoms with Crippen LogP contribution in [0, 0.1) is 11.3 Å². The molecule has 0 bridgehead atoms. The van der Waals surface area contributed by atoms with Crippen LogP contribution in [0.5, 0.6) is 0 Å². The largest absolute Gasteiger partial charge is 0.296 e. The van der Waals surface area contributed by atoms with Gasteiger partial charge in [0.1, 0.15) is 11.6 Å². The number of benzene rings is 2. The second kappa shape index (κ2) is 10.0. The fourth-order valence-electron chi connectivity index (χ4n) is 3.94. The van der Waals surface area contributed by atoms with Crippen LogP contribution < -0.4 is 11.0 Å². The summed E-state index contributed by atoms with van der Waals surface area (Å²) >= 11 is 0. The van der Waals surface area contributed by atoms with E-state index in [1.165, 1.54) is 24.8 Å². The Kier molecular flexibility index (Phi) is 6.73. The van der Waals surface area contributed by atoms with Crippen molar-refractivity contribution in [2.45, 2.75) is 38.8 Å². The monoisotopic (exact) mass is 426 g/mol. The van der Waals surface area contributed by atoms with Crippen molar-refractivity contribution in [2.24, 2.45) is 5.10 Å². The molecule has 7 nitrogen and oxygen atoms in total. The third-order valence-electron chi connectivity index (χ3n) is 5.77. The van der Waals surface area contributed by atoms with E-state index in [4.69, 9.17) is 0 Å². The molecule has 0 aliphatic carbocycles. The molecule has 1 unspecified atom stereocenters. The van der Waals surface area contributed by atoms with Crippen LogP contribution in [0.25, 0.3) is 11.3 Å². The van der Waals surface area contributed by atoms with Crippen molar-refractivity contribution in [2.75, 3.05) is 12.0 Å². The maximum atomic E-state index is 12.3. The first-order valence-electron chi connectivity index (χ1n) is 10.9. The fourth-order valence-corrected chi connectivity index (χ4v) is 3.94. The van der Waals surface area contributed by atoms with Crippen LogP contribution in [0.15, 0.2) is 64.5 Å². The van der Waals surface area contributed by atoms with Crippen molar-refractivity contribution < 1.29 is 0 Å². The van der Waals surface area contributed by atoms with E-state index in [-0.39, 0.29) is 11.5 Å². The third-order valence-corrected chi connectivity index (χ3v) is 5.77. The highest BCUT2D eigenvalue weighted by molar-refractivity contribution is 5.80. The first-order valence-corrected chi connectivity index (χ1v) is 10.9. The van der Waals surface area contributed by atoms with E-state index in [1.807, 2.05) is 48.5 Å². The zero-order valence-corrected chi connectivity index (χ0v) is 18.1. The molecule has 1 aliphatic heterocycles. The molecule has 162 valence electrons. The Morgan fingerprint density at radius 2 is 2.00 bits per heavy atom. The lowest BCUT2D eigenvalue weighted by atomic mass is 10.0. The number of piperidine rings is 1. The number of anilines is 1. The van der Waals surface area contributed by atoms with Crippen molar-refractivity contribution in [3.05, 3.63) is 81.6 Å². The van der Waals surface area contributed by atoms with Crippen LogP contribution in [0.1, 0.15) is 42.9 Å². The maximum Gasteiger partial charge on any atom is 0.270 e. The smallest absolute Gasteiger partial charge is 0.270 e. The zero-order valence-electron chi connectivity index (χ0n) is 18.1. The average molecular weight is 427 g/mol. The zero-order chi connectivity index (χ0) is 22.3. The van der Waals surface area contributed by atoms with Crippen LogP contribution in [-0.2, 0) is 6.54 Å². The first-order chi connectivity index (χ1) is 15.6. The van der Waals surface area contributed by atoms with Gasteiger partial charge in [0, 0.05) is 18.2 Å². The number of hydrazone groups is 1. The van der Waals surface area contributed by atoms with E-state index < -0.39 is 5.56 Å². The second-order valence-corrected chi connectivity index (χ2v) is 8.04. The number of hydrogen-bond acceptors (Lipinski definition) is 6. The molecule has 0 radical (unpaired) electrons.